The van der Waals surface area contributed by atoms with Gasteiger partial charge >= 0.3 is 12.1 Å². The average Bonchev–Trinajstić information content (AvgIpc) is 2.29. The van der Waals surface area contributed by atoms with Crippen LogP contribution < -0.4 is 0 Å². The van der Waals surface area contributed by atoms with Crippen LogP contribution in [-0.4, -0.2) is 18.1 Å². The first kappa shape index (κ1) is 15.8. The monoisotopic (exact) mass is 347 g/mol. The molecule has 9 heteroatoms. The highest BCUT2D eigenvalue weighted by Gasteiger charge is 2.37. The molecule has 0 atom stereocenters. The Morgan fingerprint density at radius 2 is 2.05 bits per heavy atom. The lowest BCUT2D eigenvalue weighted by molar-refractivity contribution is -0.143. The Labute approximate surface area is 112 Å². The third kappa shape index (κ3) is 3.85. The lowest BCUT2D eigenvalue weighted by atomic mass is 10.1. The number of halogens is 6. The van der Waals surface area contributed by atoms with Gasteiger partial charge in [0.1, 0.15) is 0 Å². The molecule has 0 saturated carbocycles. The second-order valence-electron chi connectivity index (χ2n) is 3.42. The average molecular weight is 348 g/mol. The minimum Gasteiger partial charge on any atom is -0.469 e. The Bertz CT molecular complexity index is 490. The topological polar surface area (TPSA) is 39.2 Å². The molecule has 0 aliphatic heterocycles. The molecule has 0 saturated heterocycles. The van der Waals surface area contributed by atoms with Gasteiger partial charge in [-0.1, -0.05) is 0 Å². The first-order chi connectivity index (χ1) is 8.66. The van der Waals surface area contributed by atoms with E-state index in [-0.39, 0.29) is 0 Å². The van der Waals surface area contributed by atoms with E-state index in [1.807, 2.05) is 0 Å². The quantitative estimate of drug-likeness (QED) is 0.620. The van der Waals surface area contributed by atoms with Gasteiger partial charge < -0.3 is 4.74 Å². The van der Waals surface area contributed by atoms with Gasteiger partial charge in [0.15, 0.2) is 5.69 Å². The SMILES string of the molecule is COC(=O)Cc1cc(C(F)F)c(Br)c(C(F)(F)F)n1. The van der Waals surface area contributed by atoms with E-state index >= 15 is 0 Å². The Morgan fingerprint density at radius 3 is 2.47 bits per heavy atom. The van der Waals surface area contributed by atoms with Gasteiger partial charge in [0.05, 0.1) is 23.7 Å². The molecule has 0 bridgehead atoms. The molecular weight excluding hydrogens is 341 g/mol. The Balaban J connectivity index is 3.35. The number of aromatic nitrogens is 1. The van der Waals surface area contributed by atoms with Crippen LogP contribution in [0.5, 0.6) is 0 Å². The molecular formula is C10H7BrF5NO2. The first-order valence-corrected chi connectivity index (χ1v) is 5.57. The number of hydrogen-bond acceptors (Lipinski definition) is 3. The fraction of sp³-hybridized carbons (Fsp3) is 0.400. The number of rotatable bonds is 3. The number of ether oxygens (including phenoxy) is 1. The van der Waals surface area contributed by atoms with Gasteiger partial charge in [-0.15, -0.1) is 0 Å². The predicted octanol–water partition coefficient (Wildman–Crippen LogP) is 3.52. The summed E-state index contributed by atoms with van der Waals surface area (Å²) in [6, 6.07) is 0.737. The molecule has 0 amide bonds. The summed E-state index contributed by atoms with van der Waals surface area (Å²) in [7, 11) is 1.03. The molecule has 0 fully saturated rings. The van der Waals surface area contributed by atoms with E-state index in [1.54, 1.807) is 0 Å². The maximum absolute atomic E-state index is 12.7. The van der Waals surface area contributed by atoms with E-state index in [2.05, 4.69) is 25.7 Å². The van der Waals surface area contributed by atoms with Crippen LogP contribution in [0.1, 0.15) is 23.4 Å². The molecule has 3 nitrogen and oxygen atoms in total. The van der Waals surface area contributed by atoms with E-state index in [9.17, 15) is 26.7 Å². The summed E-state index contributed by atoms with van der Waals surface area (Å²) in [5.41, 5.74) is -2.80. The van der Waals surface area contributed by atoms with Gasteiger partial charge in [0.2, 0.25) is 0 Å². The fourth-order valence-electron chi connectivity index (χ4n) is 1.26. The summed E-state index contributed by atoms with van der Waals surface area (Å²) < 4.78 is 66.6. The van der Waals surface area contributed by atoms with Crippen LogP contribution in [0.15, 0.2) is 10.5 Å². The van der Waals surface area contributed by atoms with Crippen molar-refractivity contribution in [3.05, 3.63) is 27.5 Å². The van der Waals surface area contributed by atoms with Crippen molar-refractivity contribution in [1.82, 2.24) is 4.98 Å². The molecule has 0 N–H and O–H groups in total. The van der Waals surface area contributed by atoms with Crippen LogP contribution in [0, 0.1) is 0 Å². The third-order valence-corrected chi connectivity index (χ3v) is 2.93. The number of hydrogen-bond donors (Lipinski definition) is 0. The molecule has 0 spiro atoms. The normalized spacial score (nSPS) is 11.8. The predicted molar refractivity (Wildman–Crippen MR) is 57.6 cm³/mol. The number of esters is 1. The van der Waals surface area contributed by atoms with Crippen molar-refractivity contribution < 1.29 is 31.5 Å². The van der Waals surface area contributed by atoms with Crippen LogP contribution in [-0.2, 0) is 22.1 Å². The largest absolute Gasteiger partial charge is 0.469 e. The first-order valence-electron chi connectivity index (χ1n) is 4.78. The lowest BCUT2D eigenvalue weighted by Gasteiger charge is -2.13. The maximum Gasteiger partial charge on any atom is 0.434 e. The molecule has 0 aromatic carbocycles. The van der Waals surface area contributed by atoms with Crippen molar-refractivity contribution in [2.45, 2.75) is 19.0 Å². The third-order valence-electron chi connectivity index (χ3n) is 2.10. The molecule has 0 radical (unpaired) electrons. The highest BCUT2D eigenvalue weighted by Crippen LogP contribution is 2.38. The van der Waals surface area contributed by atoms with Crippen molar-refractivity contribution >= 4 is 21.9 Å². The Kier molecular flexibility index (Phi) is 4.83. The minimum atomic E-state index is -4.91. The molecule has 0 aliphatic rings. The number of alkyl halides is 5. The minimum absolute atomic E-state index is 0.433. The molecule has 1 rings (SSSR count). The zero-order valence-electron chi connectivity index (χ0n) is 9.39. The zero-order chi connectivity index (χ0) is 14.8. The van der Waals surface area contributed by atoms with Crippen molar-refractivity contribution in [2.24, 2.45) is 0 Å². The summed E-state index contributed by atoms with van der Waals surface area (Å²) in [5, 5.41) is 0. The van der Waals surface area contributed by atoms with Crippen molar-refractivity contribution in [3.63, 3.8) is 0 Å². The van der Waals surface area contributed by atoms with Gasteiger partial charge in [-0.3, -0.25) is 4.79 Å². The summed E-state index contributed by atoms with van der Waals surface area (Å²) in [4.78, 5) is 14.1. The number of methoxy groups -OCH3 is 1. The summed E-state index contributed by atoms with van der Waals surface area (Å²) >= 11 is 2.46. The second-order valence-corrected chi connectivity index (χ2v) is 4.21. The lowest BCUT2D eigenvalue weighted by Crippen LogP contribution is -2.15. The number of carbonyl (C=O) groups excluding carboxylic acids is 1. The smallest absolute Gasteiger partial charge is 0.434 e. The van der Waals surface area contributed by atoms with Crippen molar-refractivity contribution in [2.75, 3.05) is 7.11 Å². The van der Waals surface area contributed by atoms with Gasteiger partial charge in [-0.05, 0) is 22.0 Å². The van der Waals surface area contributed by atoms with Gasteiger partial charge in [-0.2, -0.15) is 13.2 Å². The van der Waals surface area contributed by atoms with E-state index in [4.69, 9.17) is 0 Å². The molecule has 106 valence electrons. The fourth-order valence-corrected chi connectivity index (χ4v) is 1.86. The number of carbonyl (C=O) groups is 1. The van der Waals surface area contributed by atoms with Crippen molar-refractivity contribution in [3.8, 4) is 0 Å². The van der Waals surface area contributed by atoms with Crippen LogP contribution in [0.2, 0.25) is 0 Å². The van der Waals surface area contributed by atoms with Gasteiger partial charge in [-0.25, -0.2) is 13.8 Å². The highest BCUT2D eigenvalue weighted by atomic mass is 79.9. The van der Waals surface area contributed by atoms with Gasteiger partial charge in [0, 0.05) is 5.56 Å². The molecule has 1 aromatic rings. The summed E-state index contributed by atoms with van der Waals surface area (Å²) in [6.07, 6.45) is -8.66. The maximum atomic E-state index is 12.7. The van der Waals surface area contributed by atoms with E-state index in [0.29, 0.717) is 0 Å². The summed E-state index contributed by atoms with van der Waals surface area (Å²) in [6.45, 7) is 0. The Hall–Kier alpha value is -1.25. The molecule has 1 heterocycles. The summed E-state index contributed by atoms with van der Waals surface area (Å²) in [5.74, 6) is -0.872. The van der Waals surface area contributed by atoms with E-state index in [1.165, 1.54) is 0 Å². The zero-order valence-corrected chi connectivity index (χ0v) is 11.0. The van der Waals surface area contributed by atoms with E-state index < -0.39 is 46.4 Å². The standard InChI is InChI=1S/C10H7BrF5NO2/c1-19-6(18)3-4-2-5(9(12)13)7(11)8(17-4)10(14,15)16/h2,9H,3H2,1H3. The number of pyridine rings is 1. The van der Waals surface area contributed by atoms with Crippen LogP contribution in [0.4, 0.5) is 22.0 Å². The molecule has 0 aliphatic carbocycles. The van der Waals surface area contributed by atoms with Gasteiger partial charge in [0.25, 0.3) is 6.43 Å². The number of nitrogens with zero attached hydrogens (tertiary/aromatic N) is 1. The van der Waals surface area contributed by atoms with Crippen molar-refractivity contribution in [1.29, 1.82) is 0 Å². The Morgan fingerprint density at radius 1 is 1.47 bits per heavy atom. The van der Waals surface area contributed by atoms with E-state index in [0.717, 1.165) is 13.2 Å². The molecule has 19 heavy (non-hydrogen) atoms. The molecule has 0 unspecified atom stereocenters. The highest BCUT2D eigenvalue weighted by molar-refractivity contribution is 9.10. The van der Waals surface area contributed by atoms with Crippen LogP contribution >= 0.6 is 15.9 Å². The second kappa shape index (κ2) is 5.81. The van der Waals surface area contributed by atoms with Crippen LogP contribution in [0.3, 0.4) is 0 Å². The van der Waals surface area contributed by atoms with Crippen LogP contribution in [0.25, 0.3) is 0 Å². The molecule has 1 aromatic heterocycles.